The summed E-state index contributed by atoms with van der Waals surface area (Å²) in [6.07, 6.45) is 8.26. The van der Waals surface area contributed by atoms with E-state index in [0.29, 0.717) is 5.60 Å². The third-order valence-electron chi connectivity index (χ3n) is 2.73. The van der Waals surface area contributed by atoms with Crippen molar-refractivity contribution in [3.8, 4) is 0 Å². The highest BCUT2D eigenvalue weighted by Crippen LogP contribution is 2.40. The molecule has 0 aromatic rings. The minimum absolute atomic E-state index is 0.401. The Morgan fingerprint density at radius 2 is 1.45 bits per heavy atom. The molecule has 1 saturated carbocycles. The van der Waals surface area contributed by atoms with Crippen molar-refractivity contribution in [3.63, 3.8) is 0 Å². The maximum Gasteiger partial charge on any atom is 0.0704 e. The van der Waals surface area contributed by atoms with Gasteiger partial charge in [-0.25, -0.2) is 0 Å². The van der Waals surface area contributed by atoms with Crippen LogP contribution in [0.15, 0.2) is 0 Å². The predicted molar refractivity (Wildman–Crippen MR) is 47.7 cm³/mol. The molecule has 2 rings (SSSR count). The van der Waals surface area contributed by atoms with E-state index in [4.69, 9.17) is 4.74 Å². The molecule has 0 radical (unpaired) electrons. The summed E-state index contributed by atoms with van der Waals surface area (Å²) < 4.78 is 5.56. The minimum Gasteiger partial charge on any atom is -0.375 e. The summed E-state index contributed by atoms with van der Waals surface area (Å²) in [5.41, 5.74) is 0.401. The second kappa shape index (κ2) is 4.10. The van der Waals surface area contributed by atoms with Gasteiger partial charge in [0.2, 0.25) is 0 Å². The number of rotatable bonds is 0. The van der Waals surface area contributed by atoms with Crippen LogP contribution in [-0.4, -0.2) is 12.2 Å². The molecule has 0 amide bonds. The molecular formula is C10H20O. The Bertz CT molecular complexity index is 97.4. The van der Waals surface area contributed by atoms with Crippen LogP contribution in [0, 0.1) is 0 Å². The van der Waals surface area contributed by atoms with Crippen LogP contribution in [0.1, 0.15) is 52.4 Å². The van der Waals surface area contributed by atoms with Gasteiger partial charge in [0.1, 0.15) is 0 Å². The lowest BCUT2D eigenvalue weighted by molar-refractivity contribution is -0.164. The lowest BCUT2D eigenvalue weighted by Crippen LogP contribution is -2.44. The van der Waals surface area contributed by atoms with Crippen molar-refractivity contribution in [1.82, 2.24) is 0 Å². The molecule has 1 spiro atoms. The highest BCUT2D eigenvalue weighted by atomic mass is 16.5. The van der Waals surface area contributed by atoms with E-state index in [9.17, 15) is 0 Å². The maximum atomic E-state index is 5.56. The van der Waals surface area contributed by atoms with E-state index in [1.165, 1.54) is 38.5 Å². The fourth-order valence-electron chi connectivity index (χ4n) is 1.98. The van der Waals surface area contributed by atoms with E-state index < -0.39 is 0 Å². The zero-order chi connectivity index (χ0) is 8.16. The molecule has 2 aliphatic rings. The Hall–Kier alpha value is -0.0400. The Kier molecular flexibility index (Phi) is 3.38. The molecule has 66 valence electrons. The Morgan fingerprint density at radius 1 is 0.909 bits per heavy atom. The first-order chi connectivity index (χ1) is 5.41. The van der Waals surface area contributed by atoms with Gasteiger partial charge in [-0.15, -0.1) is 0 Å². The van der Waals surface area contributed by atoms with Gasteiger partial charge < -0.3 is 4.74 Å². The van der Waals surface area contributed by atoms with Crippen molar-refractivity contribution in [2.24, 2.45) is 0 Å². The first-order valence-electron chi connectivity index (χ1n) is 5.05. The van der Waals surface area contributed by atoms with Gasteiger partial charge in [0.25, 0.3) is 0 Å². The quantitative estimate of drug-likeness (QED) is 0.523. The first-order valence-corrected chi connectivity index (χ1v) is 5.05. The van der Waals surface area contributed by atoms with E-state index in [0.717, 1.165) is 6.61 Å². The maximum absolute atomic E-state index is 5.56. The van der Waals surface area contributed by atoms with Crippen LogP contribution in [0.4, 0.5) is 0 Å². The molecule has 0 aromatic carbocycles. The van der Waals surface area contributed by atoms with Gasteiger partial charge in [0, 0.05) is 0 Å². The van der Waals surface area contributed by atoms with Crippen LogP contribution in [0.3, 0.4) is 0 Å². The SMILES string of the molecule is C1CCC2(CC1)CCO2.CC. The predicted octanol–water partition coefficient (Wildman–Crippen LogP) is 3.14. The standard InChI is InChI=1S/C8H14O.C2H6/c1-2-4-8(5-3-1)6-7-9-8;1-2/h1-7H2;1-2H3. The topological polar surface area (TPSA) is 9.23 Å². The van der Waals surface area contributed by atoms with Crippen LogP contribution in [0.25, 0.3) is 0 Å². The molecule has 1 aliphatic heterocycles. The Balaban J connectivity index is 0.000000281. The van der Waals surface area contributed by atoms with Crippen molar-refractivity contribution in [2.75, 3.05) is 6.61 Å². The van der Waals surface area contributed by atoms with Crippen LogP contribution >= 0.6 is 0 Å². The average molecular weight is 156 g/mol. The van der Waals surface area contributed by atoms with Gasteiger partial charge in [0.15, 0.2) is 0 Å². The van der Waals surface area contributed by atoms with Crippen molar-refractivity contribution in [2.45, 2.75) is 58.0 Å². The highest BCUT2D eigenvalue weighted by Gasteiger charge is 2.38. The zero-order valence-corrected chi connectivity index (χ0v) is 7.86. The van der Waals surface area contributed by atoms with Gasteiger partial charge in [-0.05, 0) is 19.3 Å². The second-order valence-electron chi connectivity index (χ2n) is 3.34. The number of hydrogen-bond acceptors (Lipinski definition) is 1. The molecule has 1 aliphatic carbocycles. The Morgan fingerprint density at radius 3 is 1.73 bits per heavy atom. The van der Waals surface area contributed by atoms with Crippen molar-refractivity contribution < 1.29 is 4.74 Å². The van der Waals surface area contributed by atoms with Gasteiger partial charge >= 0.3 is 0 Å². The summed E-state index contributed by atoms with van der Waals surface area (Å²) in [4.78, 5) is 0. The van der Waals surface area contributed by atoms with Crippen LogP contribution < -0.4 is 0 Å². The monoisotopic (exact) mass is 156 g/mol. The zero-order valence-electron chi connectivity index (χ0n) is 7.86. The molecule has 0 bridgehead atoms. The van der Waals surface area contributed by atoms with Gasteiger partial charge in [-0.3, -0.25) is 0 Å². The average Bonchev–Trinajstić information content (AvgIpc) is 2.07. The lowest BCUT2D eigenvalue weighted by atomic mass is 9.79. The first kappa shape index (κ1) is 9.05. The Labute approximate surface area is 70.1 Å². The van der Waals surface area contributed by atoms with Gasteiger partial charge in [-0.1, -0.05) is 33.1 Å². The lowest BCUT2D eigenvalue weighted by Gasteiger charge is -2.44. The molecule has 11 heavy (non-hydrogen) atoms. The van der Waals surface area contributed by atoms with Gasteiger partial charge in [-0.2, -0.15) is 0 Å². The highest BCUT2D eigenvalue weighted by molar-refractivity contribution is 4.89. The van der Waals surface area contributed by atoms with E-state index in [1.807, 2.05) is 13.8 Å². The van der Waals surface area contributed by atoms with Crippen LogP contribution in [0.5, 0.6) is 0 Å². The summed E-state index contributed by atoms with van der Waals surface area (Å²) >= 11 is 0. The van der Waals surface area contributed by atoms with Gasteiger partial charge in [0.05, 0.1) is 12.2 Å². The molecule has 2 fully saturated rings. The van der Waals surface area contributed by atoms with Crippen molar-refractivity contribution >= 4 is 0 Å². The summed E-state index contributed by atoms with van der Waals surface area (Å²) in [7, 11) is 0. The molecule has 0 aromatic heterocycles. The molecule has 1 saturated heterocycles. The number of ether oxygens (including phenoxy) is 1. The molecular weight excluding hydrogens is 136 g/mol. The van der Waals surface area contributed by atoms with Crippen molar-refractivity contribution in [3.05, 3.63) is 0 Å². The molecule has 0 N–H and O–H groups in total. The smallest absolute Gasteiger partial charge is 0.0704 e. The fourth-order valence-corrected chi connectivity index (χ4v) is 1.98. The molecule has 0 unspecified atom stereocenters. The minimum atomic E-state index is 0.401. The fraction of sp³-hybridized carbons (Fsp3) is 1.00. The van der Waals surface area contributed by atoms with E-state index in [1.54, 1.807) is 0 Å². The summed E-state index contributed by atoms with van der Waals surface area (Å²) in [5, 5.41) is 0. The summed E-state index contributed by atoms with van der Waals surface area (Å²) in [6.45, 7) is 5.03. The number of hydrogen-bond donors (Lipinski definition) is 0. The molecule has 1 heteroatoms. The molecule has 0 atom stereocenters. The van der Waals surface area contributed by atoms with E-state index >= 15 is 0 Å². The molecule has 1 heterocycles. The second-order valence-corrected chi connectivity index (χ2v) is 3.34. The van der Waals surface area contributed by atoms with Crippen molar-refractivity contribution in [1.29, 1.82) is 0 Å². The third kappa shape index (κ3) is 1.96. The summed E-state index contributed by atoms with van der Waals surface area (Å²) in [5.74, 6) is 0. The third-order valence-corrected chi connectivity index (χ3v) is 2.73. The normalized spacial score (nSPS) is 26.7. The molecule has 1 nitrogen and oxygen atoms in total. The van der Waals surface area contributed by atoms with Crippen LogP contribution in [-0.2, 0) is 4.74 Å². The summed E-state index contributed by atoms with van der Waals surface area (Å²) in [6, 6.07) is 0. The van der Waals surface area contributed by atoms with Crippen LogP contribution in [0.2, 0.25) is 0 Å². The van der Waals surface area contributed by atoms with E-state index in [2.05, 4.69) is 0 Å². The van der Waals surface area contributed by atoms with E-state index in [-0.39, 0.29) is 0 Å². The largest absolute Gasteiger partial charge is 0.375 e.